The number of rotatable bonds is 7. The van der Waals surface area contributed by atoms with Gasteiger partial charge >= 0.3 is 0 Å². The first-order valence-electron chi connectivity index (χ1n) is 5.74. The van der Waals surface area contributed by atoms with E-state index in [-0.39, 0.29) is 22.8 Å². The molecule has 0 bridgehead atoms. The van der Waals surface area contributed by atoms with Gasteiger partial charge in [0, 0.05) is 11.3 Å². The molecule has 19 heavy (non-hydrogen) atoms. The first-order chi connectivity index (χ1) is 8.94. The monoisotopic (exact) mass is 305 g/mol. The predicted octanol–water partition coefficient (Wildman–Crippen LogP) is 1.09. The number of hydrogen-bond acceptors (Lipinski definition) is 5. The third kappa shape index (κ3) is 4.38. The average molecular weight is 305 g/mol. The Kier molecular flexibility index (Phi) is 6.12. The molecule has 2 N–H and O–H groups in total. The van der Waals surface area contributed by atoms with Crippen molar-refractivity contribution in [3.05, 3.63) is 24.3 Å². The lowest BCUT2D eigenvalue weighted by Gasteiger charge is -2.21. The van der Waals surface area contributed by atoms with Crippen molar-refractivity contribution in [3.8, 4) is 5.75 Å². The summed E-state index contributed by atoms with van der Waals surface area (Å²) in [6.07, 6.45) is 1.83. The van der Waals surface area contributed by atoms with Crippen molar-refractivity contribution < 1.29 is 18.3 Å². The van der Waals surface area contributed by atoms with Crippen LogP contribution >= 0.6 is 11.8 Å². The van der Waals surface area contributed by atoms with Gasteiger partial charge < -0.3 is 9.84 Å². The number of thioether (sulfide) groups is 1. The van der Waals surface area contributed by atoms with Crippen LogP contribution in [0.4, 0.5) is 0 Å². The molecular formula is C12H19NO4S2. The Labute approximate surface area is 118 Å². The quantitative estimate of drug-likeness (QED) is 0.788. The Bertz CT molecular complexity index is 483. The maximum absolute atomic E-state index is 12.1. The van der Waals surface area contributed by atoms with Crippen LogP contribution in [0.1, 0.15) is 6.92 Å². The number of hydrogen-bond donors (Lipinski definition) is 2. The molecule has 0 amide bonds. The molecule has 0 aliphatic carbocycles. The van der Waals surface area contributed by atoms with E-state index >= 15 is 0 Å². The zero-order valence-electron chi connectivity index (χ0n) is 11.2. The molecule has 108 valence electrons. The Morgan fingerprint density at radius 2 is 1.95 bits per heavy atom. The Morgan fingerprint density at radius 3 is 2.37 bits per heavy atom. The molecule has 1 aromatic rings. The van der Waals surface area contributed by atoms with Gasteiger partial charge in [-0.15, -0.1) is 0 Å². The summed E-state index contributed by atoms with van der Waals surface area (Å²) in [5, 5.41) is 8.99. The molecule has 0 aromatic heterocycles. The van der Waals surface area contributed by atoms with Gasteiger partial charge in [0.25, 0.3) is 0 Å². The summed E-state index contributed by atoms with van der Waals surface area (Å²) in [4.78, 5) is 0.179. The van der Waals surface area contributed by atoms with Gasteiger partial charge in [0.15, 0.2) is 0 Å². The number of aliphatic hydroxyl groups is 1. The molecular weight excluding hydrogens is 286 g/mol. The van der Waals surface area contributed by atoms with Gasteiger partial charge in [0.1, 0.15) is 5.75 Å². The van der Waals surface area contributed by atoms with Gasteiger partial charge in [-0.05, 0) is 37.4 Å². The summed E-state index contributed by atoms with van der Waals surface area (Å²) in [7, 11) is -2.06. The van der Waals surface area contributed by atoms with Gasteiger partial charge in [0.2, 0.25) is 10.0 Å². The number of benzene rings is 1. The predicted molar refractivity (Wildman–Crippen MR) is 77.2 cm³/mol. The molecule has 5 nitrogen and oxygen atoms in total. The van der Waals surface area contributed by atoms with E-state index in [0.717, 1.165) is 0 Å². The smallest absolute Gasteiger partial charge is 0.240 e. The van der Waals surface area contributed by atoms with Crippen molar-refractivity contribution in [2.75, 3.05) is 20.0 Å². The lowest BCUT2D eigenvalue weighted by molar-refractivity contribution is 0.282. The van der Waals surface area contributed by atoms with Crippen LogP contribution in [0.3, 0.4) is 0 Å². The van der Waals surface area contributed by atoms with E-state index in [1.165, 1.54) is 31.0 Å². The lowest BCUT2D eigenvalue weighted by atomic mass is 10.3. The fraction of sp³-hybridized carbons (Fsp3) is 0.500. The minimum atomic E-state index is -3.58. The van der Waals surface area contributed by atoms with E-state index < -0.39 is 10.0 Å². The largest absolute Gasteiger partial charge is 0.497 e. The zero-order chi connectivity index (χ0) is 14.5. The highest BCUT2D eigenvalue weighted by molar-refractivity contribution is 7.99. The molecule has 0 saturated carbocycles. The molecule has 0 saturated heterocycles. The van der Waals surface area contributed by atoms with Crippen molar-refractivity contribution in [1.29, 1.82) is 0 Å². The molecule has 0 radical (unpaired) electrons. The summed E-state index contributed by atoms with van der Waals surface area (Å²) in [5.74, 6) is 0.601. The minimum Gasteiger partial charge on any atom is -0.497 e. The highest BCUT2D eigenvalue weighted by Crippen LogP contribution is 2.17. The summed E-state index contributed by atoms with van der Waals surface area (Å²) in [5.41, 5.74) is 0. The number of sulfonamides is 1. The molecule has 1 rings (SSSR count). The maximum Gasteiger partial charge on any atom is 0.240 e. The standard InChI is InChI=1S/C12H19NO4S2/c1-9(12(8-14)18-3)13-19(15,16)11-6-4-10(17-2)5-7-11/h4-7,9,12-14H,8H2,1-3H3. The molecule has 0 fully saturated rings. The van der Waals surface area contributed by atoms with E-state index in [0.29, 0.717) is 5.75 Å². The van der Waals surface area contributed by atoms with Crippen LogP contribution in [-0.4, -0.2) is 44.8 Å². The summed E-state index contributed by atoms with van der Waals surface area (Å²) in [6, 6.07) is 5.81. The Morgan fingerprint density at radius 1 is 1.37 bits per heavy atom. The second-order valence-corrected chi connectivity index (χ2v) is 6.83. The second-order valence-electron chi connectivity index (χ2n) is 4.04. The van der Waals surface area contributed by atoms with E-state index in [4.69, 9.17) is 9.84 Å². The highest BCUT2D eigenvalue weighted by atomic mass is 32.2. The lowest BCUT2D eigenvalue weighted by Crippen LogP contribution is -2.41. The van der Waals surface area contributed by atoms with Crippen molar-refractivity contribution in [1.82, 2.24) is 4.72 Å². The number of aliphatic hydroxyl groups excluding tert-OH is 1. The average Bonchev–Trinajstić information content (AvgIpc) is 2.39. The van der Waals surface area contributed by atoms with Crippen LogP contribution in [0.15, 0.2) is 29.2 Å². The number of methoxy groups -OCH3 is 1. The highest BCUT2D eigenvalue weighted by Gasteiger charge is 2.22. The minimum absolute atomic E-state index is 0.0759. The molecule has 2 unspecified atom stereocenters. The van der Waals surface area contributed by atoms with E-state index in [1.54, 1.807) is 19.1 Å². The second kappa shape index (κ2) is 7.14. The topological polar surface area (TPSA) is 75.6 Å². The van der Waals surface area contributed by atoms with Gasteiger partial charge in [-0.2, -0.15) is 11.8 Å². The summed E-state index contributed by atoms with van der Waals surface area (Å²) in [6.45, 7) is 1.66. The van der Waals surface area contributed by atoms with Crippen LogP contribution in [0.5, 0.6) is 5.75 Å². The van der Waals surface area contributed by atoms with Gasteiger partial charge in [-0.25, -0.2) is 13.1 Å². The molecule has 7 heteroatoms. The third-order valence-electron chi connectivity index (χ3n) is 2.75. The van der Waals surface area contributed by atoms with Crippen molar-refractivity contribution in [3.63, 3.8) is 0 Å². The fourth-order valence-electron chi connectivity index (χ4n) is 1.58. The first kappa shape index (κ1) is 16.3. The maximum atomic E-state index is 12.1. The number of nitrogens with one attached hydrogen (secondary N) is 1. The third-order valence-corrected chi connectivity index (χ3v) is 5.49. The van der Waals surface area contributed by atoms with Gasteiger partial charge in [-0.3, -0.25) is 0 Å². The SMILES string of the molecule is COc1ccc(S(=O)(=O)NC(C)C(CO)SC)cc1. The molecule has 2 atom stereocenters. The zero-order valence-corrected chi connectivity index (χ0v) is 12.8. The van der Waals surface area contributed by atoms with Crippen molar-refractivity contribution >= 4 is 21.8 Å². The van der Waals surface area contributed by atoms with E-state index in [1.807, 2.05) is 6.26 Å². The molecule has 0 aliphatic rings. The normalized spacial score (nSPS) is 14.9. The molecule has 0 spiro atoms. The Balaban J connectivity index is 2.85. The van der Waals surface area contributed by atoms with E-state index in [9.17, 15) is 8.42 Å². The molecule has 0 aliphatic heterocycles. The van der Waals surface area contributed by atoms with E-state index in [2.05, 4.69) is 4.72 Å². The molecule has 0 heterocycles. The van der Waals surface area contributed by atoms with Crippen molar-refractivity contribution in [2.24, 2.45) is 0 Å². The number of ether oxygens (including phenoxy) is 1. The van der Waals surface area contributed by atoms with Crippen LogP contribution in [0, 0.1) is 0 Å². The summed E-state index contributed by atoms with van der Waals surface area (Å²) >= 11 is 1.42. The van der Waals surface area contributed by atoms with Crippen LogP contribution in [0.25, 0.3) is 0 Å². The van der Waals surface area contributed by atoms with Crippen LogP contribution < -0.4 is 9.46 Å². The Hall–Kier alpha value is -0.760. The van der Waals surface area contributed by atoms with Gasteiger partial charge in [0.05, 0.1) is 18.6 Å². The molecule has 1 aromatic carbocycles. The van der Waals surface area contributed by atoms with Crippen LogP contribution in [-0.2, 0) is 10.0 Å². The fourth-order valence-corrected chi connectivity index (χ4v) is 3.58. The van der Waals surface area contributed by atoms with Crippen LogP contribution in [0.2, 0.25) is 0 Å². The summed E-state index contributed by atoms with van der Waals surface area (Å²) < 4.78 is 31.8. The van der Waals surface area contributed by atoms with Crippen molar-refractivity contribution in [2.45, 2.75) is 23.1 Å². The first-order valence-corrected chi connectivity index (χ1v) is 8.51. The van der Waals surface area contributed by atoms with Gasteiger partial charge in [-0.1, -0.05) is 0 Å².